The zero-order valence-electron chi connectivity index (χ0n) is 12.0. The minimum atomic E-state index is -0.644. The molecule has 5 nitrogen and oxygen atoms in total. The van der Waals surface area contributed by atoms with E-state index in [0.717, 1.165) is 21.7 Å². The molecule has 4 rings (SSSR count). The van der Waals surface area contributed by atoms with E-state index in [1.807, 2.05) is 35.7 Å². The number of amides is 1. The molecule has 0 saturated heterocycles. The van der Waals surface area contributed by atoms with Crippen molar-refractivity contribution >= 4 is 28.8 Å². The topological polar surface area (TPSA) is 67.2 Å². The van der Waals surface area contributed by atoms with Gasteiger partial charge in [0.2, 0.25) is 0 Å². The third-order valence-corrected chi connectivity index (χ3v) is 4.44. The van der Waals surface area contributed by atoms with Crippen LogP contribution >= 0.6 is 11.3 Å². The summed E-state index contributed by atoms with van der Waals surface area (Å²) in [7, 11) is 0. The Kier molecular flexibility index (Phi) is 3.44. The van der Waals surface area contributed by atoms with E-state index in [4.69, 9.17) is 4.99 Å². The Bertz CT molecular complexity index is 875. The van der Waals surface area contributed by atoms with Gasteiger partial charge < -0.3 is 5.32 Å². The summed E-state index contributed by atoms with van der Waals surface area (Å²) in [5, 5.41) is 4.87. The maximum absolute atomic E-state index is 12.6. The first-order valence-electron chi connectivity index (χ1n) is 7.11. The molecule has 1 N–H and O–H groups in total. The molecule has 112 valence electrons. The normalized spacial score (nSPS) is 17.0. The smallest absolute Gasteiger partial charge is 0.255 e. The lowest BCUT2D eigenvalue weighted by molar-refractivity contribution is -0.117. The van der Waals surface area contributed by atoms with Crippen LogP contribution in [0.4, 0.5) is 5.82 Å². The zero-order chi connectivity index (χ0) is 15.6. The Morgan fingerprint density at radius 2 is 2.00 bits per heavy atom. The molecule has 4 heterocycles. The summed E-state index contributed by atoms with van der Waals surface area (Å²) < 4.78 is 0. The van der Waals surface area contributed by atoms with Gasteiger partial charge in [0.25, 0.3) is 5.91 Å². The molecule has 1 unspecified atom stereocenters. The Labute approximate surface area is 136 Å². The van der Waals surface area contributed by atoms with Crippen molar-refractivity contribution in [2.45, 2.75) is 6.04 Å². The van der Waals surface area contributed by atoms with Gasteiger partial charge in [-0.15, -0.1) is 11.3 Å². The van der Waals surface area contributed by atoms with E-state index < -0.39 is 6.04 Å². The van der Waals surface area contributed by atoms with E-state index in [-0.39, 0.29) is 5.91 Å². The van der Waals surface area contributed by atoms with Crippen molar-refractivity contribution in [3.05, 3.63) is 76.4 Å². The molecular weight excluding hydrogens is 308 g/mol. The maximum atomic E-state index is 12.6. The molecule has 0 bridgehead atoms. The summed E-state index contributed by atoms with van der Waals surface area (Å²) >= 11 is 1.59. The highest BCUT2D eigenvalue weighted by Crippen LogP contribution is 2.29. The second-order valence-electron chi connectivity index (χ2n) is 5.03. The van der Waals surface area contributed by atoms with E-state index in [2.05, 4.69) is 15.3 Å². The van der Waals surface area contributed by atoms with Crippen molar-refractivity contribution in [1.29, 1.82) is 0 Å². The molecule has 0 saturated carbocycles. The number of hydrogen-bond donors (Lipinski definition) is 1. The number of rotatable bonds is 2. The molecule has 0 fully saturated rings. The quantitative estimate of drug-likeness (QED) is 0.789. The predicted octanol–water partition coefficient (Wildman–Crippen LogP) is 3.07. The average Bonchev–Trinajstić information content (AvgIpc) is 3.07. The number of aromatic nitrogens is 2. The van der Waals surface area contributed by atoms with Gasteiger partial charge in [0.05, 0.1) is 10.6 Å². The minimum Gasteiger partial charge on any atom is -0.308 e. The van der Waals surface area contributed by atoms with Crippen LogP contribution in [0.5, 0.6) is 0 Å². The van der Waals surface area contributed by atoms with Crippen molar-refractivity contribution in [3.63, 3.8) is 0 Å². The highest BCUT2D eigenvalue weighted by molar-refractivity contribution is 7.12. The van der Waals surface area contributed by atoms with Crippen molar-refractivity contribution in [2.24, 2.45) is 4.99 Å². The highest BCUT2D eigenvalue weighted by Gasteiger charge is 2.28. The van der Waals surface area contributed by atoms with Gasteiger partial charge >= 0.3 is 0 Å². The molecule has 23 heavy (non-hydrogen) atoms. The maximum Gasteiger partial charge on any atom is 0.255 e. The Morgan fingerprint density at radius 1 is 1.09 bits per heavy atom. The molecule has 3 aromatic rings. The highest BCUT2D eigenvalue weighted by atomic mass is 32.1. The van der Waals surface area contributed by atoms with Crippen molar-refractivity contribution < 1.29 is 4.79 Å². The number of anilines is 1. The van der Waals surface area contributed by atoms with Crippen LogP contribution in [-0.2, 0) is 4.79 Å². The van der Waals surface area contributed by atoms with E-state index in [1.165, 1.54) is 0 Å². The third kappa shape index (κ3) is 2.53. The van der Waals surface area contributed by atoms with Crippen LogP contribution in [0.3, 0.4) is 0 Å². The standard InChI is InChI=1S/C17H12N4OS/c22-17-14(11-4-1-7-18-10-11)20-15(13-6-3-9-23-13)12-5-2-8-19-16(12)21-17/h1-10,14H,(H,19,21,22). The van der Waals surface area contributed by atoms with E-state index in [0.29, 0.717) is 5.82 Å². The number of nitrogens with zero attached hydrogens (tertiary/aromatic N) is 3. The first-order chi connectivity index (χ1) is 11.3. The second-order valence-corrected chi connectivity index (χ2v) is 5.98. The van der Waals surface area contributed by atoms with Gasteiger partial charge in [-0.2, -0.15) is 0 Å². The number of fused-ring (bicyclic) bond motifs is 1. The average molecular weight is 320 g/mol. The summed E-state index contributed by atoms with van der Waals surface area (Å²) in [6, 6.07) is 10.8. The van der Waals surface area contributed by atoms with Crippen LogP contribution in [0.2, 0.25) is 0 Å². The largest absolute Gasteiger partial charge is 0.308 e. The minimum absolute atomic E-state index is 0.204. The second kappa shape index (κ2) is 5.73. The van der Waals surface area contributed by atoms with Gasteiger partial charge in [0.15, 0.2) is 6.04 Å². The molecule has 6 heteroatoms. The third-order valence-electron chi connectivity index (χ3n) is 3.57. The molecule has 0 radical (unpaired) electrons. The molecule has 0 spiro atoms. The van der Waals surface area contributed by atoms with Crippen molar-refractivity contribution in [3.8, 4) is 0 Å². The van der Waals surface area contributed by atoms with Crippen LogP contribution in [0.1, 0.15) is 22.0 Å². The Morgan fingerprint density at radius 3 is 2.78 bits per heavy atom. The number of aliphatic imine (C=N–C) groups is 1. The van der Waals surface area contributed by atoms with E-state index in [1.54, 1.807) is 36.0 Å². The molecule has 1 amide bonds. The summed E-state index contributed by atoms with van der Waals surface area (Å²) in [4.78, 5) is 26.8. The predicted molar refractivity (Wildman–Crippen MR) is 89.8 cm³/mol. The van der Waals surface area contributed by atoms with Gasteiger partial charge in [-0.1, -0.05) is 12.1 Å². The SMILES string of the molecule is O=C1Nc2ncccc2C(c2cccs2)=NC1c1cccnc1. The van der Waals surface area contributed by atoms with Crippen LogP contribution in [0.25, 0.3) is 0 Å². The molecule has 1 aliphatic heterocycles. The van der Waals surface area contributed by atoms with Crippen LogP contribution in [0, 0.1) is 0 Å². The fourth-order valence-corrected chi connectivity index (χ4v) is 3.25. The molecule has 0 aromatic carbocycles. The lowest BCUT2D eigenvalue weighted by Crippen LogP contribution is -2.19. The number of thiophene rings is 1. The van der Waals surface area contributed by atoms with Gasteiger partial charge in [-0.3, -0.25) is 14.8 Å². The van der Waals surface area contributed by atoms with E-state index in [9.17, 15) is 4.79 Å². The Hall–Kier alpha value is -2.86. The van der Waals surface area contributed by atoms with Crippen LogP contribution in [-0.4, -0.2) is 21.6 Å². The zero-order valence-corrected chi connectivity index (χ0v) is 12.8. The summed E-state index contributed by atoms with van der Waals surface area (Å²) in [5.41, 5.74) is 2.36. The number of pyridine rings is 2. The summed E-state index contributed by atoms with van der Waals surface area (Å²) in [6.45, 7) is 0. The lowest BCUT2D eigenvalue weighted by atomic mass is 10.1. The van der Waals surface area contributed by atoms with E-state index >= 15 is 0 Å². The molecule has 1 aliphatic rings. The number of carbonyl (C=O) groups excluding carboxylic acids is 1. The molecule has 1 atom stereocenters. The summed E-state index contributed by atoms with van der Waals surface area (Å²) in [6.07, 6.45) is 5.01. The molecule has 3 aromatic heterocycles. The van der Waals surface area contributed by atoms with Gasteiger partial charge in [0.1, 0.15) is 5.82 Å². The van der Waals surface area contributed by atoms with Crippen molar-refractivity contribution in [1.82, 2.24) is 9.97 Å². The molecule has 0 aliphatic carbocycles. The molecular formula is C17H12N4OS. The first kappa shape index (κ1) is 13.8. The van der Waals surface area contributed by atoms with Gasteiger partial charge in [0, 0.05) is 29.7 Å². The number of carbonyl (C=O) groups is 1. The van der Waals surface area contributed by atoms with Gasteiger partial charge in [-0.05, 0) is 29.6 Å². The fraction of sp³-hybridized carbons (Fsp3) is 0.0588. The number of hydrogen-bond acceptors (Lipinski definition) is 5. The lowest BCUT2D eigenvalue weighted by Gasteiger charge is -2.10. The number of nitrogens with one attached hydrogen (secondary N) is 1. The fourth-order valence-electron chi connectivity index (χ4n) is 2.51. The van der Waals surface area contributed by atoms with Crippen molar-refractivity contribution in [2.75, 3.05) is 5.32 Å². The monoisotopic (exact) mass is 320 g/mol. The Balaban J connectivity index is 1.91. The first-order valence-corrected chi connectivity index (χ1v) is 7.99. The van der Waals surface area contributed by atoms with Gasteiger partial charge in [-0.25, -0.2) is 4.98 Å². The van der Waals surface area contributed by atoms with Crippen LogP contribution in [0.15, 0.2) is 65.4 Å². The summed E-state index contributed by atoms with van der Waals surface area (Å²) in [5.74, 6) is 0.334. The van der Waals surface area contributed by atoms with Crippen LogP contribution < -0.4 is 5.32 Å².